The summed E-state index contributed by atoms with van der Waals surface area (Å²) in [6.07, 6.45) is 0.399. The van der Waals surface area contributed by atoms with Gasteiger partial charge in [-0.25, -0.2) is 0 Å². The topological polar surface area (TPSA) is 12.0 Å². The van der Waals surface area contributed by atoms with Crippen LogP contribution >= 0.6 is 0 Å². The quantitative estimate of drug-likeness (QED) is 0.754. The third kappa shape index (κ3) is 2.30. The van der Waals surface area contributed by atoms with E-state index in [1.54, 1.807) is 0 Å². The lowest BCUT2D eigenvalue weighted by atomic mass is 9.87. The number of hydrogen-bond acceptors (Lipinski definition) is 1. The molecule has 2 fully saturated rings. The van der Waals surface area contributed by atoms with Crippen molar-refractivity contribution in [1.82, 2.24) is 5.32 Å². The number of halogens is 3. The second-order valence-corrected chi connectivity index (χ2v) is 5.18. The molecule has 1 nitrogen and oxygen atoms in total. The first-order valence-electron chi connectivity index (χ1n) is 5.77. The molecule has 0 heterocycles. The maximum absolute atomic E-state index is 12.7. The molecule has 2 aliphatic rings. The van der Waals surface area contributed by atoms with Gasteiger partial charge in [-0.05, 0) is 44.4 Å². The molecule has 0 spiro atoms. The highest BCUT2D eigenvalue weighted by atomic mass is 19.4. The van der Waals surface area contributed by atoms with Gasteiger partial charge >= 0.3 is 6.18 Å². The molecule has 2 aliphatic carbocycles. The Labute approximate surface area is 88.4 Å². The van der Waals surface area contributed by atoms with Crippen molar-refractivity contribution in [3.05, 3.63) is 0 Å². The van der Waals surface area contributed by atoms with Crippen molar-refractivity contribution in [2.24, 2.45) is 5.92 Å². The number of rotatable bonds is 2. The Morgan fingerprint density at radius 2 is 1.60 bits per heavy atom. The van der Waals surface area contributed by atoms with E-state index in [9.17, 15) is 13.2 Å². The summed E-state index contributed by atoms with van der Waals surface area (Å²) in [6.45, 7) is 2.17. The Balaban J connectivity index is 1.87. The highest BCUT2D eigenvalue weighted by Gasteiger charge is 2.63. The third-order valence-corrected chi connectivity index (χ3v) is 3.79. The molecule has 0 aliphatic heterocycles. The smallest absolute Gasteiger partial charge is 0.301 e. The SMILES string of the molecule is CC1CCC(NC2(C(F)(F)F)CC2)CC1. The van der Waals surface area contributed by atoms with E-state index in [4.69, 9.17) is 0 Å². The van der Waals surface area contributed by atoms with E-state index in [1.165, 1.54) is 0 Å². The lowest BCUT2D eigenvalue weighted by Gasteiger charge is -2.32. The van der Waals surface area contributed by atoms with Crippen LogP contribution in [0.5, 0.6) is 0 Å². The lowest BCUT2D eigenvalue weighted by molar-refractivity contribution is -0.168. The minimum absolute atomic E-state index is 0.0883. The highest BCUT2D eigenvalue weighted by molar-refractivity contribution is 5.09. The van der Waals surface area contributed by atoms with Crippen LogP contribution in [0.25, 0.3) is 0 Å². The molecule has 0 atom stereocenters. The number of nitrogens with one attached hydrogen (secondary N) is 1. The Hall–Kier alpha value is -0.250. The number of alkyl halides is 3. The van der Waals surface area contributed by atoms with Crippen molar-refractivity contribution in [3.63, 3.8) is 0 Å². The van der Waals surface area contributed by atoms with Gasteiger partial charge in [-0.1, -0.05) is 6.92 Å². The van der Waals surface area contributed by atoms with Crippen molar-refractivity contribution >= 4 is 0 Å². The Kier molecular flexibility index (Phi) is 2.73. The average molecular weight is 221 g/mol. The van der Waals surface area contributed by atoms with Gasteiger partial charge in [0, 0.05) is 6.04 Å². The maximum atomic E-state index is 12.7. The van der Waals surface area contributed by atoms with E-state index in [-0.39, 0.29) is 18.9 Å². The molecule has 0 aromatic heterocycles. The Morgan fingerprint density at radius 3 is 2.00 bits per heavy atom. The highest BCUT2D eigenvalue weighted by Crippen LogP contribution is 2.49. The zero-order valence-corrected chi connectivity index (χ0v) is 9.03. The summed E-state index contributed by atoms with van der Waals surface area (Å²) in [5.41, 5.74) is -1.52. The molecule has 0 saturated heterocycles. The third-order valence-electron chi connectivity index (χ3n) is 3.79. The lowest BCUT2D eigenvalue weighted by Crippen LogP contribution is -2.50. The van der Waals surface area contributed by atoms with Gasteiger partial charge in [0.05, 0.1) is 0 Å². The number of hydrogen-bond donors (Lipinski definition) is 1. The zero-order valence-electron chi connectivity index (χ0n) is 9.03. The first-order chi connectivity index (χ1) is 6.93. The van der Waals surface area contributed by atoms with E-state index >= 15 is 0 Å². The van der Waals surface area contributed by atoms with Crippen LogP contribution in [0.15, 0.2) is 0 Å². The minimum Gasteiger partial charge on any atom is -0.301 e. The zero-order chi connectivity index (χ0) is 11.1. The molecule has 88 valence electrons. The summed E-state index contributed by atoms with van der Waals surface area (Å²) in [5.74, 6) is 0.684. The molecule has 0 amide bonds. The fourth-order valence-electron chi connectivity index (χ4n) is 2.43. The van der Waals surface area contributed by atoms with Crippen LogP contribution in [0.2, 0.25) is 0 Å². The van der Waals surface area contributed by atoms with Crippen LogP contribution in [0.3, 0.4) is 0 Å². The van der Waals surface area contributed by atoms with Crippen molar-refractivity contribution in [2.45, 2.75) is 63.2 Å². The summed E-state index contributed by atoms with van der Waals surface area (Å²) >= 11 is 0. The molecule has 4 heteroatoms. The molecular weight excluding hydrogens is 203 g/mol. The van der Waals surface area contributed by atoms with Gasteiger partial charge in [0.2, 0.25) is 0 Å². The van der Waals surface area contributed by atoms with Gasteiger partial charge in [0.15, 0.2) is 0 Å². The molecule has 0 aromatic rings. The van der Waals surface area contributed by atoms with E-state index in [0.29, 0.717) is 5.92 Å². The van der Waals surface area contributed by atoms with Crippen molar-refractivity contribution in [2.75, 3.05) is 0 Å². The Morgan fingerprint density at radius 1 is 1.07 bits per heavy atom. The van der Waals surface area contributed by atoms with Crippen molar-refractivity contribution in [1.29, 1.82) is 0 Å². The maximum Gasteiger partial charge on any atom is 0.406 e. The van der Waals surface area contributed by atoms with E-state index in [1.807, 2.05) is 0 Å². The largest absolute Gasteiger partial charge is 0.406 e. The van der Waals surface area contributed by atoms with E-state index in [0.717, 1.165) is 25.7 Å². The second-order valence-electron chi connectivity index (χ2n) is 5.18. The van der Waals surface area contributed by atoms with Crippen LogP contribution in [-0.4, -0.2) is 17.8 Å². The molecule has 0 unspecified atom stereocenters. The molecule has 0 aromatic carbocycles. The molecule has 15 heavy (non-hydrogen) atoms. The van der Waals surface area contributed by atoms with Crippen LogP contribution in [0.1, 0.15) is 45.4 Å². The van der Waals surface area contributed by atoms with Gasteiger partial charge in [-0.2, -0.15) is 13.2 Å². The molecule has 0 radical (unpaired) electrons. The molecule has 2 saturated carbocycles. The van der Waals surface area contributed by atoms with Gasteiger partial charge in [0.25, 0.3) is 0 Å². The summed E-state index contributed by atoms with van der Waals surface area (Å²) in [5, 5.41) is 2.84. The molecule has 0 bridgehead atoms. The minimum atomic E-state index is -4.06. The fraction of sp³-hybridized carbons (Fsp3) is 1.00. The molecular formula is C11H18F3N. The van der Waals surface area contributed by atoms with Gasteiger partial charge in [-0.3, -0.25) is 0 Å². The van der Waals surface area contributed by atoms with Gasteiger partial charge in [-0.15, -0.1) is 0 Å². The first-order valence-corrected chi connectivity index (χ1v) is 5.77. The monoisotopic (exact) mass is 221 g/mol. The summed E-state index contributed by atoms with van der Waals surface area (Å²) in [7, 11) is 0. The predicted molar refractivity (Wildman–Crippen MR) is 52.6 cm³/mol. The van der Waals surface area contributed by atoms with Crippen LogP contribution < -0.4 is 5.32 Å². The first kappa shape index (κ1) is 11.2. The van der Waals surface area contributed by atoms with Crippen LogP contribution in [-0.2, 0) is 0 Å². The van der Waals surface area contributed by atoms with E-state index < -0.39 is 11.7 Å². The molecule has 1 N–H and O–H groups in total. The van der Waals surface area contributed by atoms with Crippen LogP contribution in [0.4, 0.5) is 13.2 Å². The van der Waals surface area contributed by atoms with Crippen molar-refractivity contribution in [3.8, 4) is 0 Å². The Bertz CT molecular complexity index is 224. The second kappa shape index (κ2) is 3.65. The standard InChI is InChI=1S/C11H18F3N/c1-8-2-4-9(5-3-8)15-10(6-7-10)11(12,13)14/h8-9,15H,2-7H2,1H3. The fourth-order valence-corrected chi connectivity index (χ4v) is 2.43. The predicted octanol–water partition coefficient (Wildman–Crippen LogP) is 3.25. The summed E-state index contributed by atoms with van der Waals surface area (Å²) in [4.78, 5) is 0. The van der Waals surface area contributed by atoms with Gasteiger partial charge < -0.3 is 5.32 Å². The normalized spacial score (nSPS) is 35.2. The van der Waals surface area contributed by atoms with Crippen molar-refractivity contribution < 1.29 is 13.2 Å². The van der Waals surface area contributed by atoms with E-state index in [2.05, 4.69) is 12.2 Å². The summed E-state index contributed by atoms with van der Waals surface area (Å²) in [6, 6.07) is 0.0883. The van der Waals surface area contributed by atoms with Gasteiger partial charge in [0.1, 0.15) is 5.54 Å². The average Bonchev–Trinajstić information content (AvgIpc) is 2.89. The summed E-state index contributed by atoms with van der Waals surface area (Å²) < 4.78 is 38.0. The van der Waals surface area contributed by atoms with Crippen LogP contribution in [0, 0.1) is 5.92 Å². The molecule has 2 rings (SSSR count).